The molecule has 2 nitrogen and oxygen atoms in total. The summed E-state index contributed by atoms with van der Waals surface area (Å²) >= 11 is 5.63. The van der Waals surface area contributed by atoms with E-state index in [2.05, 4.69) is 0 Å². The number of benzene rings is 1. The van der Waals surface area contributed by atoms with E-state index in [1.165, 1.54) is 0 Å². The molecule has 0 aliphatic rings. The molecule has 0 aromatic heterocycles. The fourth-order valence-corrected chi connectivity index (χ4v) is 0.948. The van der Waals surface area contributed by atoms with E-state index >= 15 is 0 Å². The molecule has 0 amide bonds. The van der Waals surface area contributed by atoms with Crippen LogP contribution in [0.25, 0.3) is 0 Å². The number of hydrogen-bond acceptors (Lipinski definition) is 2. The molecule has 0 heterocycles. The average molecular weight is 163 g/mol. The van der Waals surface area contributed by atoms with Gasteiger partial charge in [-0.3, -0.25) is 0 Å². The summed E-state index contributed by atoms with van der Waals surface area (Å²) in [6, 6.07) is 8.53. The lowest BCUT2D eigenvalue weighted by Crippen LogP contribution is -1.82. The minimum absolute atomic E-state index is 0.247. The Hall–Kier alpha value is -1.51. The van der Waals surface area contributed by atoms with Crippen LogP contribution in [0.15, 0.2) is 18.2 Å². The Kier molecular flexibility index (Phi) is 2.11. The summed E-state index contributed by atoms with van der Waals surface area (Å²) in [6.07, 6.45) is 0. The number of rotatable bonds is 0. The minimum Gasteiger partial charge on any atom is -0.192 e. The molecule has 0 bridgehead atoms. The summed E-state index contributed by atoms with van der Waals surface area (Å²) in [7, 11) is 0. The number of nitrogens with zero attached hydrogens (tertiary/aromatic N) is 2. The Labute approximate surface area is 69.2 Å². The van der Waals surface area contributed by atoms with E-state index in [1.807, 2.05) is 12.1 Å². The zero-order valence-corrected chi connectivity index (χ0v) is 6.26. The SMILES string of the molecule is N#Cc1cccc(Cl)c1C#N. The summed E-state index contributed by atoms with van der Waals surface area (Å²) in [5, 5.41) is 17.4. The number of hydrogen-bond donors (Lipinski definition) is 0. The van der Waals surface area contributed by atoms with E-state index in [0.29, 0.717) is 10.6 Å². The second kappa shape index (κ2) is 3.05. The summed E-state index contributed by atoms with van der Waals surface area (Å²) < 4.78 is 0. The second-order valence-electron chi connectivity index (χ2n) is 1.89. The van der Waals surface area contributed by atoms with Gasteiger partial charge in [-0.15, -0.1) is 0 Å². The molecule has 1 aromatic rings. The first-order valence-corrected chi connectivity index (χ1v) is 3.26. The Morgan fingerprint density at radius 3 is 2.36 bits per heavy atom. The predicted octanol–water partition coefficient (Wildman–Crippen LogP) is 2.08. The molecule has 0 spiro atoms. The van der Waals surface area contributed by atoms with Crippen molar-refractivity contribution in [1.82, 2.24) is 0 Å². The van der Waals surface area contributed by atoms with Crippen LogP contribution >= 0.6 is 11.6 Å². The Morgan fingerprint density at radius 1 is 1.18 bits per heavy atom. The van der Waals surface area contributed by atoms with Gasteiger partial charge >= 0.3 is 0 Å². The summed E-state index contributed by atoms with van der Waals surface area (Å²) in [5.41, 5.74) is 0.566. The third-order valence-corrected chi connectivity index (χ3v) is 1.56. The van der Waals surface area contributed by atoms with Crippen LogP contribution in [-0.2, 0) is 0 Å². The van der Waals surface area contributed by atoms with E-state index in [0.717, 1.165) is 0 Å². The highest BCUT2D eigenvalue weighted by Crippen LogP contribution is 2.17. The largest absolute Gasteiger partial charge is 0.192 e. The molecule has 1 rings (SSSR count). The highest BCUT2D eigenvalue weighted by atomic mass is 35.5. The van der Waals surface area contributed by atoms with E-state index < -0.39 is 0 Å². The first-order valence-electron chi connectivity index (χ1n) is 2.88. The summed E-state index contributed by atoms with van der Waals surface area (Å²) in [5.74, 6) is 0. The van der Waals surface area contributed by atoms with Crippen LogP contribution in [0.3, 0.4) is 0 Å². The van der Waals surface area contributed by atoms with Crippen molar-refractivity contribution >= 4 is 11.6 Å². The van der Waals surface area contributed by atoms with E-state index in [9.17, 15) is 0 Å². The van der Waals surface area contributed by atoms with Crippen molar-refractivity contribution in [3.05, 3.63) is 34.3 Å². The maximum absolute atomic E-state index is 8.54. The van der Waals surface area contributed by atoms with Crippen molar-refractivity contribution in [3.63, 3.8) is 0 Å². The van der Waals surface area contributed by atoms with Gasteiger partial charge in [0.1, 0.15) is 12.1 Å². The van der Waals surface area contributed by atoms with Gasteiger partial charge in [-0.1, -0.05) is 17.7 Å². The highest BCUT2D eigenvalue weighted by Gasteiger charge is 2.03. The second-order valence-corrected chi connectivity index (χ2v) is 2.29. The monoisotopic (exact) mass is 162 g/mol. The molecule has 0 saturated heterocycles. The van der Waals surface area contributed by atoms with Crippen molar-refractivity contribution < 1.29 is 0 Å². The van der Waals surface area contributed by atoms with Crippen LogP contribution in [0.1, 0.15) is 11.1 Å². The van der Waals surface area contributed by atoms with E-state index in [1.54, 1.807) is 18.2 Å². The topological polar surface area (TPSA) is 47.6 Å². The molecule has 0 N–H and O–H groups in total. The Morgan fingerprint density at radius 2 is 1.91 bits per heavy atom. The maximum atomic E-state index is 8.54. The third kappa shape index (κ3) is 1.32. The van der Waals surface area contributed by atoms with E-state index in [-0.39, 0.29) is 5.56 Å². The highest BCUT2D eigenvalue weighted by molar-refractivity contribution is 6.31. The summed E-state index contributed by atoms with van der Waals surface area (Å²) in [6.45, 7) is 0. The molecular formula is C8H3ClN2. The molecule has 0 atom stereocenters. The molecule has 52 valence electrons. The van der Waals surface area contributed by atoms with Crippen molar-refractivity contribution in [1.29, 1.82) is 10.5 Å². The van der Waals surface area contributed by atoms with Crippen LogP contribution in [0.2, 0.25) is 5.02 Å². The average Bonchev–Trinajstić information content (AvgIpc) is 2.04. The minimum atomic E-state index is 0.247. The molecule has 0 saturated carbocycles. The molecule has 3 heteroatoms. The van der Waals surface area contributed by atoms with Crippen LogP contribution in [0.4, 0.5) is 0 Å². The molecule has 0 aliphatic heterocycles. The van der Waals surface area contributed by atoms with Crippen LogP contribution in [0, 0.1) is 22.7 Å². The van der Waals surface area contributed by atoms with Gasteiger partial charge in [-0.05, 0) is 12.1 Å². The van der Waals surface area contributed by atoms with Crippen molar-refractivity contribution in [2.24, 2.45) is 0 Å². The lowest BCUT2D eigenvalue weighted by molar-refractivity contribution is 1.43. The molecule has 1 aromatic carbocycles. The Bertz CT molecular complexity index is 357. The maximum Gasteiger partial charge on any atom is 0.102 e. The normalized spacial score (nSPS) is 8.27. The van der Waals surface area contributed by atoms with Gasteiger partial charge in [-0.2, -0.15) is 10.5 Å². The van der Waals surface area contributed by atoms with Crippen molar-refractivity contribution in [2.75, 3.05) is 0 Å². The standard InChI is InChI=1S/C8H3ClN2/c9-8-3-1-2-6(4-10)7(8)5-11/h1-3H. The first-order chi connectivity index (χ1) is 5.29. The van der Waals surface area contributed by atoms with Crippen LogP contribution < -0.4 is 0 Å². The zero-order chi connectivity index (χ0) is 8.27. The van der Waals surface area contributed by atoms with Crippen molar-refractivity contribution in [2.45, 2.75) is 0 Å². The molecule has 0 aliphatic carbocycles. The molecular weight excluding hydrogens is 160 g/mol. The zero-order valence-electron chi connectivity index (χ0n) is 5.50. The van der Waals surface area contributed by atoms with Gasteiger partial charge < -0.3 is 0 Å². The smallest absolute Gasteiger partial charge is 0.102 e. The number of halogens is 1. The van der Waals surface area contributed by atoms with Gasteiger partial charge in [0.05, 0.1) is 16.1 Å². The van der Waals surface area contributed by atoms with E-state index in [4.69, 9.17) is 22.1 Å². The summed E-state index contributed by atoms with van der Waals surface area (Å²) in [4.78, 5) is 0. The Balaban J connectivity index is 3.42. The lowest BCUT2D eigenvalue weighted by atomic mass is 10.1. The van der Waals surface area contributed by atoms with Gasteiger partial charge in [0, 0.05) is 0 Å². The quantitative estimate of drug-likeness (QED) is 0.587. The fourth-order valence-electron chi connectivity index (χ4n) is 0.731. The first kappa shape index (κ1) is 7.60. The van der Waals surface area contributed by atoms with Crippen LogP contribution in [0.5, 0.6) is 0 Å². The van der Waals surface area contributed by atoms with Gasteiger partial charge in [0.25, 0.3) is 0 Å². The third-order valence-electron chi connectivity index (χ3n) is 1.25. The molecule has 11 heavy (non-hydrogen) atoms. The van der Waals surface area contributed by atoms with Crippen LogP contribution in [-0.4, -0.2) is 0 Å². The predicted molar refractivity (Wildman–Crippen MR) is 40.9 cm³/mol. The molecule has 0 radical (unpaired) electrons. The molecule has 0 unspecified atom stereocenters. The lowest BCUT2D eigenvalue weighted by Gasteiger charge is -1.94. The number of nitriles is 2. The fraction of sp³-hybridized carbons (Fsp3) is 0. The van der Waals surface area contributed by atoms with Gasteiger partial charge in [-0.25, -0.2) is 0 Å². The van der Waals surface area contributed by atoms with Gasteiger partial charge in [0.2, 0.25) is 0 Å². The molecule has 0 fully saturated rings. The van der Waals surface area contributed by atoms with Gasteiger partial charge in [0.15, 0.2) is 0 Å². The van der Waals surface area contributed by atoms with Crippen molar-refractivity contribution in [3.8, 4) is 12.1 Å².